The Kier molecular flexibility index (Phi) is 6.10. The van der Waals surface area contributed by atoms with Gasteiger partial charge in [0.1, 0.15) is 5.82 Å². The number of guanidine groups is 1. The molecule has 0 spiro atoms. The van der Waals surface area contributed by atoms with Crippen molar-refractivity contribution in [3.05, 3.63) is 30.2 Å². The summed E-state index contributed by atoms with van der Waals surface area (Å²) in [6, 6.07) is 6.35. The topological polar surface area (TPSA) is 75.8 Å². The van der Waals surface area contributed by atoms with E-state index in [0.29, 0.717) is 18.2 Å². The Bertz CT molecular complexity index is 733. The van der Waals surface area contributed by atoms with Gasteiger partial charge in [0.05, 0.1) is 18.2 Å². The van der Waals surface area contributed by atoms with Crippen molar-refractivity contribution in [2.75, 3.05) is 13.6 Å². The summed E-state index contributed by atoms with van der Waals surface area (Å²) >= 11 is 0. The van der Waals surface area contributed by atoms with Gasteiger partial charge >= 0.3 is 0 Å². The van der Waals surface area contributed by atoms with Crippen LogP contribution in [0.3, 0.4) is 0 Å². The highest BCUT2D eigenvalue weighted by Crippen LogP contribution is 2.34. The van der Waals surface area contributed by atoms with E-state index in [4.69, 9.17) is 4.74 Å². The van der Waals surface area contributed by atoms with Crippen LogP contribution in [0.2, 0.25) is 0 Å². The summed E-state index contributed by atoms with van der Waals surface area (Å²) < 4.78 is 7.92. The molecular formula is C17H25IN6O. The minimum atomic E-state index is 0. The molecule has 0 saturated carbocycles. The molecule has 2 fully saturated rings. The van der Waals surface area contributed by atoms with E-state index in [1.54, 1.807) is 0 Å². The molecular weight excluding hydrogens is 431 g/mol. The zero-order valence-corrected chi connectivity index (χ0v) is 16.7. The van der Waals surface area contributed by atoms with Gasteiger partial charge in [-0.1, -0.05) is 6.07 Å². The van der Waals surface area contributed by atoms with Crippen molar-refractivity contribution in [2.45, 2.75) is 50.4 Å². The van der Waals surface area contributed by atoms with Crippen molar-refractivity contribution in [3.63, 3.8) is 0 Å². The maximum absolute atomic E-state index is 5.88. The molecule has 2 saturated heterocycles. The summed E-state index contributed by atoms with van der Waals surface area (Å²) in [5, 5.41) is 15.3. The molecule has 4 heterocycles. The number of hydrogen-bond acceptors (Lipinski definition) is 4. The lowest BCUT2D eigenvalue weighted by Crippen LogP contribution is -2.47. The fraction of sp³-hybridized carbons (Fsp3) is 0.588. The third-order valence-corrected chi connectivity index (χ3v) is 4.91. The van der Waals surface area contributed by atoms with Crippen molar-refractivity contribution < 1.29 is 4.74 Å². The van der Waals surface area contributed by atoms with Crippen LogP contribution in [-0.2, 0) is 11.2 Å². The molecule has 136 valence electrons. The van der Waals surface area contributed by atoms with E-state index in [2.05, 4.69) is 25.8 Å². The third kappa shape index (κ3) is 4.05. The van der Waals surface area contributed by atoms with E-state index in [1.807, 2.05) is 35.8 Å². The summed E-state index contributed by atoms with van der Waals surface area (Å²) in [4.78, 5) is 4.33. The van der Waals surface area contributed by atoms with E-state index >= 15 is 0 Å². The first-order valence-electron chi connectivity index (χ1n) is 8.75. The normalized spacial score (nSPS) is 25.2. The maximum Gasteiger partial charge on any atom is 0.191 e. The average Bonchev–Trinajstić information content (AvgIpc) is 3.33. The van der Waals surface area contributed by atoms with E-state index in [-0.39, 0.29) is 24.0 Å². The number of aliphatic imine (C=N–C) groups is 1. The van der Waals surface area contributed by atoms with Gasteiger partial charge in [0.25, 0.3) is 0 Å². The molecule has 2 aromatic rings. The number of ether oxygens (including phenoxy) is 1. The van der Waals surface area contributed by atoms with E-state index < -0.39 is 0 Å². The zero-order chi connectivity index (χ0) is 16.4. The Morgan fingerprint density at radius 2 is 2.28 bits per heavy atom. The molecule has 0 amide bonds. The summed E-state index contributed by atoms with van der Waals surface area (Å²) in [5.74, 6) is 1.86. The van der Waals surface area contributed by atoms with Gasteiger partial charge in [0.2, 0.25) is 0 Å². The second kappa shape index (κ2) is 8.31. The van der Waals surface area contributed by atoms with Crippen LogP contribution < -0.4 is 10.6 Å². The maximum atomic E-state index is 5.88. The largest absolute Gasteiger partial charge is 0.373 e. The van der Waals surface area contributed by atoms with Crippen LogP contribution in [0.4, 0.5) is 0 Å². The highest BCUT2D eigenvalue weighted by atomic mass is 127. The number of pyridine rings is 1. The van der Waals surface area contributed by atoms with E-state index in [9.17, 15) is 0 Å². The van der Waals surface area contributed by atoms with Crippen molar-refractivity contribution in [1.82, 2.24) is 25.2 Å². The van der Waals surface area contributed by atoms with Crippen LogP contribution in [0, 0.1) is 0 Å². The number of fused-ring (bicyclic) bond motifs is 3. The molecule has 8 heteroatoms. The van der Waals surface area contributed by atoms with Crippen molar-refractivity contribution >= 4 is 35.6 Å². The van der Waals surface area contributed by atoms with Crippen LogP contribution in [-0.4, -0.2) is 52.4 Å². The van der Waals surface area contributed by atoms with Gasteiger partial charge in [-0.25, -0.2) is 0 Å². The number of aryl methyl sites for hydroxylation is 1. The van der Waals surface area contributed by atoms with E-state index in [0.717, 1.165) is 43.2 Å². The summed E-state index contributed by atoms with van der Waals surface area (Å²) in [6.45, 7) is 0.850. The second-order valence-corrected chi connectivity index (χ2v) is 6.51. The predicted molar refractivity (Wildman–Crippen MR) is 108 cm³/mol. The Balaban J connectivity index is 0.00000182. The number of aromatic nitrogens is 3. The highest BCUT2D eigenvalue weighted by Gasteiger charge is 2.41. The number of rotatable bonds is 5. The third-order valence-electron chi connectivity index (χ3n) is 4.91. The number of nitrogens with one attached hydrogen (secondary N) is 2. The molecule has 2 N–H and O–H groups in total. The van der Waals surface area contributed by atoms with Gasteiger partial charge in [0, 0.05) is 26.2 Å². The Morgan fingerprint density at radius 1 is 1.36 bits per heavy atom. The lowest BCUT2D eigenvalue weighted by molar-refractivity contribution is 0.0992. The Morgan fingerprint density at radius 3 is 3.04 bits per heavy atom. The quantitative estimate of drug-likeness (QED) is 0.311. The van der Waals surface area contributed by atoms with Crippen LogP contribution in [0.25, 0.3) is 5.65 Å². The molecule has 7 nitrogen and oxygen atoms in total. The summed E-state index contributed by atoms with van der Waals surface area (Å²) in [7, 11) is 1.81. The van der Waals surface area contributed by atoms with Crippen molar-refractivity contribution in [2.24, 2.45) is 4.99 Å². The van der Waals surface area contributed by atoms with Crippen LogP contribution in [0.1, 0.15) is 31.5 Å². The van der Waals surface area contributed by atoms with Crippen LogP contribution in [0.5, 0.6) is 0 Å². The number of hydrogen-bond donors (Lipinski definition) is 2. The molecule has 3 unspecified atom stereocenters. The Hall–Kier alpha value is -1.42. The first-order valence-corrected chi connectivity index (χ1v) is 8.75. The standard InChI is InChI=1S/C17H24N6O.HI/c1-18-17(20-13-11-12-7-8-14(13)24-12)19-9-4-6-16-22-21-15-5-2-3-10-23(15)16;/h2-3,5,10,12-14H,4,6-9,11H2,1H3,(H2,18,19,20);1H. The van der Waals surface area contributed by atoms with Gasteiger partial charge in [-0.05, 0) is 37.8 Å². The molecule has 0 radical (unpaired) electrons. The van der Waals surface area contributed by atoms with E-state index in [1.165, 1.54) is 12.8 Å². The van der Waals surface area contributed by atoms with Gasteiger partial charge in [-0.3, -0.25) is 9.39 Å². The first-order chi connectivity index (χ1) is 11.8. The molecule has 25 heavy (non-hydrogen) atoms. The minimum absolute atomic E-state index is 0. The molecule has 2 aliphatic rings. The second-order valence-electron chi connectivity index (χ2n) is 6.51. The van der Waals surface area contributed by atoms with Gasteiger partial charge in [-0.2, -0.15) is 0 Å². The molecule has 4 rings (SSSR count). The van der Waals surface area contributed by atoms with Crippen LogP contribution >= 0.6 is 24.0 Å². The highest BCUT2D eigenvalue weighted by molar-refractivity contribution is 14.0. The molecule has 0 aliphatic carbocycles. The van der Waals surface area contributed by atoms with Crippen molar-refractivity contribution in [1.29, 1.82) is 0 Å². The SMILES string of the molecule is CN=C(NCCCc1nnc2ccccn12)NC1CC2CCC1O2.I. The number of nitrogens with zero attached hydrogens (tertiary/aromatic N) is 4. The van der Waals surface area contributed by atoms with Gasteiger partial charge < -0.3 is 15.4 Å². The van der Waals surface area contributed by atoms with Gasteiger partial charge in [0.15, 0.2) is 11.6 Å². The fourth-order valence-corrected chi connectivity index (χ4v) is 3.67. The fourth-order valence-electron chi connectivity index (χ4n) is 3.67. The monoisotopic (exact) mass is 456 g/mol. The molecule has 0 aromatic carbocycles. The van der Waals surface area contributed by atoms with Gasteiger partial charge in [-0.15, -0.1) is 34.2 Å². The lowest BCUT2D eigenvalue weighted by Gasteiger charge is -2.22. The summed E-state index contributed by atoms with van der Waals surface area (Å²) in [5.41, 5.74) is 0.897. The molecule has 2 aliphatic heterocycles. The molecule has 2 bridgehead atoms. The van der Waals surface area contributed by atoms with Crippen molar-refractivity contribution in [3.8, 4) is 0 Å². The zero-order valence-electron chi connectivity index (χ0n) is 14.4. The number of halogens is 1. The predicted octanol–water partition coefficient (Wildman–Crippen LogP) is 1.76. The lowest BCUT2D eigenvalue weighted by atomic mass is 9.96. The smallest absolute Gasteiger partial charge is 0.191 e. The molecule has 3 atom stereocenters. The minimum Gasteiger partial charge on any atom is -0.373 e. The average molecular weight is 456 g/mol. The first kappa shape index (κ1) is 18.4. The summed E-state index contributed by atoms with van der Waals surface area (Å²) in [6.07, 6.45) is 8.14. The molecule has 2 aromatic heterocycles. The van der Waals surface area contributed by atoms with Crippen LogP contribution in [0.15, 0.2) is 29.4 Å². The Labute approximate surface area is 164 Å².